The minimum atomic E-state index is -0.137. The summed E-state index contributed by atoms with van der Waals surface area (Å²) in [5, 5.41) is 0. The number of benzene rings is 1. The molecule has 4 heteroatoms. The third-order valence-electron chi connectivity index (χ3n) is 6.34. The molecular formula is C23H33NO3. The number of fused-ring (bicyclic) bond motifs is 1. The predicted octanol–water partition coefficient (Wildman–Crippen LogP) is 4.93. The van der Waals surface area contributed by atoms with Crippen molar-refractivity contribution in [1.29, 1.82) is 0 Å². The average Bonchev–Trinajstić information content (AvgIpc) is 2.90. The van der Waals surface area contributed by atoms with Gasteiger partial charge in [0, 0.05) is 13.2 Å². The molecule has 0 radical (unpaired) electrons. The lowest BCUT2D eigenvalue weighted by molar-refractivity contribution is -0.0773. The Kier molecular flexibility index (Phi) is 6.05. The fourth-order valence-corrected chi connectivity index (χ4v) is 4.41. The molecule has 2 heterocycles. The second kappa shape index (κ2) is 8.14. The van der Waals surface area contributed by atoms with Gasteiger partial charge in [-0.2, -0.15) is 0 Å². The molecule has 0 spiro atoms. The molecule has 0 unspecified atom stereocenters. The summed E-state index contributed by atoms with van der Waals surface area (Å²) in [6.07, 6.45) is 5.51. The molecule has 0 N–H and O–H groups in total. The number of rotatable bonds is 7. The van der Waals surface area contributed by atoms with Crippen molar-refractivity contribution in [2.24, 2.45) is 17.3 Å². The van der Waals surface area contributed by atoms with Crippen LogP contribution in [-0.2, 0) is 4.74 Å². The maximum atomic E-state index is 12.7. The van der Waals surface area contributed by atoms with Gasteiger partial charge >= 0.3 is 0 Å². The highest BCUT2D eigenvalue weighted by atomic mass is 16.5. The molecule has 0 bridgehead atoms. The van der Waals surface area contributed by atoms with Crippen molar-refractivity contribution >= 4 is 11.8 Å². The Balaban J connectivity index is 1.73. The summed E-state index contributed by atoms with van der Waals surface area (Å²) in [6.45, 7) is 10.2. The molecule has 148 valence electrons. The Morgan fingerprint density at radius 1 is 1.07 bits per heavy atom. The second-order valence-corrected chi connectivity index (χ2v) is 9.10. The monoisotopic (exact) mass is 371 g/mol. The van der Waals surface area contributed by atoms with Crippen LogP contribution in [0.2, 0.25) is 0 Å². The van der Waals surface area contributed by atoms with Gasteiger partial charge in [0.25, 0.3) is 11.8 Å². The standard InChI is InChI=1S/C23H33NO3/c1-16(2)9-10-23(12-14-27-20(15-23)17(3)4)11-13-24-21(25)18-7-5-6-8-19(18)22(24)26/h5-8,16-17,20H,9-15H2,1-4H3/t20-,23+/m1/s1. The van der Waals surface area contributed by atoms with Crippen LogP contribution in [0.1, 0.15) is 80.5 Å². The lowest BCUT2D eigenvalue weighted by Crippen LogP contribution is -2.41. The summed E-state index contributed by atoms with van der Waals surface area (Å²) in [6, 6.07) is 7.16. The quantitative estimate of drug-likeness (QED) is 0.639. The van der Waals surface area contributed by atoms with Gasteiger partial charge in [-0.25, -0.2) is 0 Å². The summed E-state index contributed by atoms with van der Waals surface area (Å²) in [5.41, 5.74) is 1.25. The molecule has 2 atom stereocenters. The third-order valence-corrected chi connectivity index (χ3v) is 6.34. The van der Waals surface area contributed by atoms with Crippen LogP contribution >= 0.6 is 0 Å². The lowest BCUT2D eigenvalue weighted by atomic mass is 9.69. The zero-order chi connectivity index (χ0) is 19.6. The number of ether oxygens (including phenoxy) is 1. The Morgan fingerprint density at radius 2 is 1.70 bits per heavy atom. The van der Waals surface area contributed by atoms with Gasteiger partial charge in [0.2, 0.25) is 0 Å². The van der Waals surface area contributed by atoms with Crippen molar-refractivity contribution < 1.29 is 14.3 Å². The van der Waals surface area contributed by atoms with Gasteiger partial charge in [-0.15, -0.1) is 0 Å². The predicted molar refractivity (Wildman–Crippen MR) is 107 cm³/mol. The second-order valence-electron chi connectivity index (χ2n) is 9.10. The van der Waals surface area contributed by atoms with E-state index in [2.05, 4.69) is 27.7 Å². The van der Waals surface area contributed by atoms with Gasteiger partial charge in [0.15, 0.2) is 0 Å². The topological polar surface area (TPSA) is 46.6 Å². The van der Waals surface area contributed by atoms with Crippen molar-refractivity contribution in [2.45, 2.75) is 65.9 Å². The van der Waals surface area contributed by atoms with Crippen LogP contribution in [0.3, 0.4) is 0 Å². The van der Waals surface area contributed by atoms with Crippen molar-refractivity contribution in [3.8, 4) is 0 Å². The Labute approximate surface area is 163 Å². The van der Waals surface area contributed by atoms with E-state index in [0.717, 1.165) is 32.3 Å². The summed E-state index contributed by atoms with van der Waals surface area (Å²) in [7, 11) is 0. The normalized spacial score (nSPS) is 25.6. The van der Waals surface area contributed by atoms with Gasteiger partial charge in [-0.3, -0.25) is 14.5 Å². The largest absolute Gasteiger partial charge is 0.378 e. The van der Waals surface area contributed by atoms with Crippen molar-refractivity contribution in [2.75, 3.05) is 13.2 Å². The first-order chi connectivity index (χ1) is 12.8. The van der Waals surface area contributed by atoms with Crippen LogP contribution < -0.4 is 0 Å². The number of hydrogen-bond donors (Lipinski definition) is 0. The summed E-state index contributed by atoms with van der Waals surface area (Å²) in [5.74, 6) is 0.869. The van der Waals surface area contributed by atoms with Crippen LogP contribution in [0.5, 0.6) is 0 Å². The zero-order valence-corrected chi connectivity index (χ0v) is 17.2. The molecule has 1 aromatic rings. The Bertz CT molecular complexity index is 662. The first-order valence-electron chi connectivity index (χ1n) is 10.4. The number of carbonyl (C=O) groups is 2. The maximum Gasteiger partial charge on any atom is 0.261 e. The number of carbonyl (C=O) groups excluding carboxylic acids is 2. The molecule has 2 aliphatic heterocycles. The number of hydrogen-bond acceptors (Lipinski definition) is 3. The molecule has 4 nitrogen and oxygen atoms in total. The smallest absolute Gasteiger partial charge is 0.261 e. The van der Waals surface area contributed by atoms with Crippen molar-refractivity contribution in [3.63, 3.8) is 0 Å². The third kappa shape index (κ3) is 4.26. The molecule has 27 heavy (non-hydrogen) atoms. The van der Waals surface area contributed by atoms with Gasteiger partial charge in [-0.1, -0.05) is 46.2 Å². The van der Waals surface area contributed by atoms with E-state index in [4.69, 9.17) is 4.74 Å². The average molecular weight is 372 g/mol. The first kappa shape index (κ1) is 20.1. The minimum absolute atomic E-state index is 0.137. The van der Waals surface area contributed by atoms with Crippen LogP contribution in [0, 0.1) is 17.3 Å². The summed E-state index contributed by atoms with van der Waals surface area (Å²) in [4.78, 5) is 26.9. The SMILES string of the molecule is CC(C)CC[C@]1(CCN2C(=O)c3ccccc3C2=O)CCO[C@@H](C(C)C)C1. The van der Waals surface area contributed by atoms with Crippen LogP contribution in [0.25, 0.3) is 0 Å². The van der Waals surface area contributed by atoms with Gasteiger partial charge in [0.05, 0.1) is 17.2 Å². The Morgan fingerprint density at radius 3 is 2.26 bits per heavy atom. The van der Waals surface area contributed by atoms with E-state index in [1.54, 1.807) is 12.1 Å². The number of amides is 2. The van der Waals surface area contributed by atoms with E-state index in [-0.39, 0.29) is 23.3 Å². The molecular weight excluding hydrogens is 338 g/mol. The highest BCUT2D eigenvalue weighted by Crippen LogP contribution is 2.44. The molecule has 3 rings (SSSR count). The molecule has 2 amide bonds. The van der Waals surface area contributed by atoms with E-state index < -0.39 is 0 Å². The van der Waals surface area contributed by atoms with E-state index in [0.29, 0.717) is 29.5 Å². The van der Waals surface area contributed by atoms with Crippen molar-refractivity contribution in [3.05, 3.63) is 35.4 Å². The van der Waals surface area contributed by atoms with Crippen LogP contribution in [0.4, 0.5) is 0 Å². The van der Waals surface area contributed by atoms with Gasteiger partial charge in [0.1, 0.15) is 0 Å². The first-order valence-corrected chi connectivity index (χ1v) is 10.4. The van der Waals surface area contributed by atoms with E-state index in [1.807, 2.05) is 12.1 Å². The zero-order valence-electron chi connectivity index (χ0n) is 17.2. The van der Waals surface area contributed by atoms with Gasteiger partial charge < -0.3 is 4.74 Å². The van der Waals surface area contributed by atoms with Crippen molar-refractivity contribution in [1.82, 2.24) is 4.90 Å². The maximum absolute atomic E-state index is 12.7. The molecule has 0 aliphatic carbocycles. The fourth-order valence-electron chi connectivity index (χ4n) is 4.41. The summed E-state index contributed by atoms with van der Waals surface area (Å²) < 4.78 is 6.02. The van der Waals surface area contributed by atoms with Gasteiger partial charge in [-0.05, 0) is 55.1 Å². The van der Waals surface area contributed by atoms with E-state index >= 15 is 0 Å². The molecule has 0 saturated carbocycles. The highest BCUT2D eigenvalue weighted by molar-refractivity contribution is 6.21. The Hall–Kier alpha value is -1.68. The molecule has 0 aromatic heterocycles. The minimum Gasteiger partial charge on any atom is -0.378 e. The number of nitrogens with zero attached hydrogens (tertiary/aromatic N) is 1. The van der Waals surface area contributed by atoms with E-state index in [1.165, 1.54) is 11.3 Å². The highest BCUT2D eigenvalue weighted by Gasteiger charge is 2.41. The molecule has 1 fully saturated rings. The summed E-state index contributed by atoms with van der Waals surface area (Å²) >= 11 is 0. The fraction of sp³-hybridized carbons (Fsp3) is 0.652. The molecule has 1 aromatic carbocycles. The number of imide groups is 1. The van der Waals surface area contributed by atoms with Crippen LogP contribution in [-0.4, -0.2) is 36.0 Å². The lowest BCUT2D eigenvalue weighted by Gasteiger charge is -2.43. The van der Waals surface area contributed by atoms with E-state index in [9.17, 15) is 9.59 Å². The molecule has 2 aliphatic rings. The van der Waals surface area contributed by atoms with Crippen LogP contribution in [0.15, 0.2) is 24.3 Å². The molecule has 1 saturated heterocycles.